The number of alkyl halides is 1. The van der Waals surface area contributed by atoms with Crippen molar-refractivity contribution in [1.82, 2.24) is 4.98 Å². The van der Waals surface area contributed by atoms with Crippen LogP contribution in [0, 0.1) is 12.7 Å². The first kappa shape index (κ1) is 13.6. The molecular weight excluding hydrogens is 269 g/mol. The standard InChI is InChI=1S/C14H13ClFNO2/c1-9-3-4-12(13(5-9)18-2)19-14-10(7-15)6-11(16)8-17-14/h3-6,8H,7H2,1-2H3. The quantitative estimate of drug-likeness (QED) is 0.792. The molecule has 1 aromatic carbocycles. The summed E-state index contributed by atoms with van der Waals surface area (Å²) in [6, 6.07) is 6.81. The summed E-state index contributed by atoms with van der Waals surface area (Å²) in [7, 11) is 1.56. The lowest BCUT2D eigenvalue weighted by molar-refractivity contribution is 0.372. The van der Waals surface area contributed by atoms with Crippen molar-refractivity contribution < 1.29 is 13.9 Å². The van der Waals surface area contributed by atoms with Gasteiger partial charge in [0.1, 0.15) is 5.82 Å². The zero-order valence-corrected chi connectivity index (χ0v) is 11.4. The Morgan fingerprint density at radius 3 is 2.74 bits per heavy atom. The maximum atomic E-state index is 13.1. The van der Waals surface area contributed by atoms with Crippen LogP contribution in [-0.2, 0) is 5.88 Å². The average molecular weight is 282 g/mol. The Hall–Kier alpha value is -1.81. The van der Waals surface area contributed by atoms with Crippen molar-refractivity contribution in [2.24, 2.45) is 0 Å². The van der Waals surface area contributed by atoms with Gasteiger partial charge < -0.3 is 9.47 Å². The molecule has 0 amide bonds. The highest BCUT2D eigenvalue weighted by atomic mass is 35.5. The lowest BCUT2D eigenvalue weighted by Crippen LogP contribution is -1.96. The highest BCUT2D eigenvalue weighted by molar-refractivity contribution is 6.17. The number of hydrogen-bond donors (Lipinski definition) is 0. The molecule has 3 nitrogen and oxygen atoms in total. The highest BCUT2D eigenvalue weighted by Crippen LogP contribution is 2.33. The monoisotopic (exact) mass is 281 g/mol. The van der Waals surface area contributed by atoms with Crippen LogP contribution in [0.15, 0.2) is 30.5 Å². The van der Waals surface area contributed by atoms with Crippen LogP contribution in [0.4, 0.5) is 4.39 Å². The van der Waals surface area contributed by atoms with Crippen LogP contribution < -0.4 is 9.47 Å². The molecule has 2 rings (SSSR count). The number of ether oxygens (including phenoxy) is 2. The smallest absolute Gasteiger partial charge is 0.224 e. The molecule has 1 heterocycles. The van der Waals surface area contributed by atoms with Gasteiger partial charge in [-0.25, -0.2) is 9.37 Å². The molecule has 0 aliphatic carbocycles. The van der Waals surface area contributed by atoms with Gasteiger partial charge in [0.25, 0.3) is 0 Å². The second-order valence-electron chi connectivity index (χ2n) is 4.01. The van der Waals surface area contributed by atoms with Gasteiger partial charge in [-0.05, 0) is 30.7 Å². The normalized spacial score (nSPS) is 10.3. The zero-order valence-electron chi connectivity index (χ0n) is 10.6. The predicted octanol–water partition coefficient (Wildman–Crippen LogP) is 4.07. The van der Waals surface area contributed by atoms with Crippen molar-refractivity contribution in [2.45, 2.75) is 12.8 Å². The van der Waals surface area contributed by atoms with E-state index < -0.39 is 5.82 Å². The van der Waals surface area contributed by atoms with Gasteiger partial charge in [0, 0.05) is 5.56 Å². The molecule has 19 heavy (non-hydrogen) atoms. The van der Waals surface area contributed by atoms with Crippen LogP contribution in [0.3, 0.4) is 0 Å². The van der Waals surface area contributed by atoms with Crippen molar-refractivity contribution in [3.63, 3.8) is 0 Å². The van der Waals surface area contributed by atoms with Gasteiger partial charge in [0.15, 0.2) is 11.5 Å². The number of aryl methyl sites for hydroxylation is 1. The van der Waals surface area contributed by atoms with E-state index in [1.807, 2.05) is 19.1 Å². The summed E-state index contributed by atoms with van der Waals surface area (Å²) in [6.07, 6.45) is 1.09. The van der Waals surface area contributed by atoms with E-state index >= 15 is 0 Å². The molecular formula is C14H13ClFNO2. The third kappa shape index (κ3) is 3.15. The molecule has 0 fully saturated rings. The molecule has 0 aliphatic rings. The number of hydrogen-bond acceptors (Lipinski definition) is 3. The van der Waals surface area contributed by atoms with Crippen LogP contribution in [0.1, 0.15) is 11.1 Å². The Morgan fingerprint density at radius 2 is 2.05 bits per heavy atom. The SMILES string of the molecule is COc1cc(C)ccc1Oc1ncc(F)cc1CCl. The molecule has 0 unspecified atom stereocenters. The molecule has 0 saturated carbocycles. The first-order chi connectivity index (χ1) is 9.13. The summed E-state index contributed by atoms with van der Waals surface area (Å²) in [4.78, 5) is 3.90. The summed E-state index contributed by atoms with van der Waals surface area (Å²) in [5.41, 5.74) is 1.54. The maximum Gasteiger partial charge on any atom is 0.224 e. The van der Waals surface area contributed by atoms with E-state index in [0.717, 1.165) is 11.8 Å². The molecule has 0 atom stereocenters. The van der Waals surface area contributed by atoms with Crippen LogP contribution in [-0.4, -0.2) is 12.1 Å². The zero-order chi connectivity index (χ0) is 13.8. The average Bonchev–Trinajstić information content (AvgIpc) is 2.42. The van der Waals surface area contributed by atoms with E-state index in [9.17, 15) is 4.39 Å². The Morgan fingerprint density at radius 1 is 1.26 bits per heavy atom. The van der Waals surface area contributed by atoms with Gasteiger partial charge in [-0.2, -0.15) is 0 Å². The van der Waals surface area contributed by atoms with E-state index in [1.54, 1.807) is 13.2 Å². The molecule has 0 spiro atoms. The van der Waals surface area contributed by atoms with E-state index in [2.05, 4.69) is 4.98 Å². The van der Waals surface area contributed by atoms with Crippen molar-refractivity contribution in [3.05, 3.63) is 47.4 Å². The topological polar surface area (TPSA) is 31.4 Å². The number of methoxy groups -OCH3 is 1. The third-order valence-electron chi connectivity index (χ3n) is 2.56. The largest absolute Gasteiger partial charge is 0.493 e. The Balaban J connectivity index is 2.36. The van der Waals surface area contributed by atoms with Crippen molar-refractivity contribution in [3.8, 4) is 17.4 Å². The molecule has 5 heteroatoms. The number of halogens is 2. The van der Waals surface area contributed by atoms with Gasteiger partial charge in [0.2, 0.25) is 5.88 Å². The van der Waals surface area contributed by atoms with Crippen molar-refractivity contribution >= 4 is 11.6 Å². The number of benzene rings is 1. The fourth-order valence-electron chi connectivity index (χ4n) is 1.62. The predicted molar refractivity (Wildman–Crippen MR) is 71.6 cm³/mol. The Labute approximate surface area is 115 Å². The minimum Gasteiger partial charge on any atom is -0.493 e. The first-order valence-corrected chi connectivity index (χ1v) is 6.20. The Bertz CT molecular complexity index is 538. The van der Waals surface area contributed by atoms with Crippen molar-refractivity contribution in [1.29, 1.82) is 0 Å². The van der Waals surface area contributed by atoms with Gasteiger partial charge in [-0.1, -0.05) is 6.07 Å². The minimum atomic E-state index is -0.445. The van der Waals surface area contributed by atoms with Crippen LogP contribution in [0.25, 0.3) is 0 Å². The van der Waals surface area contributed by atoms with Gasteiger partial charge in [-0.15, -0.1) is 11.6 Å². The molecule has 2 aromatic rings. The second-order valence-corrected chi connectivity index (χ2v) is 4.28. The lowest BCUT2D eigenvalue weighted by atomic mass is 10.2. The first-order valence-electron chi connectivity index (χ1n) is 5.67. The van der Waals surface area contributed by atoms with Gasteiger partial charge >= 0.3 is 0 Å². The van der Waals surface area contributed by atoms with Crippen LogP contribution in [0.2, 0.25) is 0 Å². The summed E-state index contributed by atoms with van der Waals surface area (Å²) in [5, 5.41) is 0. The molecule has 100 valence electrons. The molecule has 0 radical (unpaired) electrons. The van der Waals surface area contributed by atoms with Crippen LogP contribution >= 0.6 is 11.6 Å². The van der Waals surface area contributed by atoms with Gasteiger partial charge in [-0.3, -0.25) is 0 Å². The number of rotatable bonds is 4. The second kappa shape index (κ2) is 5.89. The fourth-order valence-corrected chi connectivity index (χ4v) is 1.81. The fraction of sp³-hybridized carbons (Fsp3) is 0.214. The molecule has 0 N–H and O–H groups in total. The highest BCUT2D eigenvalue weighted by Gasteiger charge is 2.11. The maximum absolute atomic E-state index is 13.1. The summed E-state index contributed by atoms with van der Waals surface area (Å²) < 4.78 is 24.0. The lowest BCUT2D eigenvalue weighted by Gasteiger charge is -2.12. The number of aromatic nitrogens is 1. The van der Waals surface area contributed by atoms with Crippen molar-refractivity contribution in [2.75, 3.05) is 7.11 Å². The third-order valence-corrected chi connectivity index (χ3v) is 2.85. The molecule has 0 saturated heterocycles. The molecule has 0 bridgehead atoms. The summed E-state index contributed by atoms with van der Waals surface area (Å²) in [5.74, 6) is 1.05. The number of pyridine rings is 1. The number of nitrogens with zero attached hydrogens (tertiary/aromatic N) is 1. The molecule has 0 aliphatic heterocycles. The van der Waals surface area contributed by atoms with E-state index in [-0.39, 0.29) is 11.8 Å². The molecule has 1 aromatic heterocycles. The van der Waals surface area contributed by atoms with Crippen LogP contribution in [0.5, 0.6) is 17.4 Å². The minimum absolute atomic E-state index is 0.119. The van der Waals surface area contributed by atoms with E-state index in [4.69, 9.17) is 21.1 Å². The Kier molecular flexibility index (Phi) is 4.22. The van der Waals surface area contributed by atoms with Gasteiger partial charge in [0.05, 0.1) is 19.2 Å². The summed E-state index contributed by atoms with van der Waals surface area (Å²) in [6.45, 7) is 1.95. The van der Waals surface area contributed by atoms with E-state index in [0.29, 0.717) is 17.1 Å². The van der Waals surface area contributed by atoms with E-state index in [1.165, 1.54) is 6.07 Å². The summed E-state index contributed by atoms with van der Waals surface area (Å²) >= 11 is 5.75.